The molecule has 136 valence electrons. The number of aliphatic carboxylic acids is 1. The number of hydrogen-bond donors (Lipinski definition) is 2. The number of benzene rings is 1. The second kappa shape index (κ2) is 9.05. The van der Waals surface area contributed by atoms with Crippen molar-refractivity contribution in [2.75, 3.05) is 19.7 Å². The molecular weight excluding hydrogens is 324 g/mol. The third kappa shape index (κ3) is 5.77. The Kier molecular flexibility index (Phi) is 6.80. The monoisotopic (exact) mass is 348 g/mol. The van der Waals surface area contributed by atoms with Crippen molar-refractivity contribution in [3.05, 3.63) is 30.3 Å². The standard InChI is InChI=1S/C18H24N2O5/c1-13(18(23)24)19-17(22)14-7-10-20(11-8-14)16(21)9-12-25-15-5-3-2-4-6-15/h2-6,13-14H,7-12H2,1H3,(H,19,22)(H,23,24)/t13-/m1/s1. The highest BCUT2D eigenvalue weighted by atomic mass is 16.5. The van der Waals surface area contributed by atoms with Gasteiger partial charge in [-0.3, -0.25) is 14.4 Å². The highest BCUT2D eigenvalue weighted by Gasteiger charge is 2.28. The fourth-order valence-corrected chi connectivity index (χ4v) is 2.72. The normalized spacial score (nSPS) is 16.1. The van der Waals surface area contributed by atoms with Gasteiger partial charge in [0.15, 0.2) is 0 Å². The zero-order chi connectivity index (χ0) is 18.2. The van der Waals surface area contributed by atoms with Gasteiger partial charge < -0.3 is 20.1 Å². The Morgan fingerprint density at radius 2 is 1.88 bits per heavy atom. The number of likely N-dealkylation sites (tertiary alicyclic amines) is 1. The summed E-state index contributed by atoms with van der Waals surface area (Å²) >= 11 is 0. The maximum absolute atomic E-state index is 12.2. The first-order valence-electron chi connectivity index (χ1n) is 8.46. The second-order valence-corrected chi connectivity index (χ2v) is 6.14. The van der Waals surface area contributed by atoms with E-state index in [1.54, 1.807) is 4.90 Å². The maximum atomic E-state index is 12.2. The fourth-order valence-electron chi connectivity index (χ4n) is 2.72. The van der Waals surface area contributed by atoms with E-state index in [-0.39, 0.29) is 17.7 Å². The Balaban J connectivity index is 1.69. The van der Waals surface area contributed by atoms with E-state index in [4.69, 9.17) is 9.84 Å². The first-order valence-corrected chi connectivity index (χ1v) is 8.46. The summed E-state index contributed by atoms with van der Waals surface area (Å²) in [4.78, 5) is 36.7. The molecular formula is C18H24N2O5. The minimum absolute atomic E-state index is 0.00805. The van der Waals surface area contributed by atoms with Crippen molar-refractivity contribution in [2.45, 2.75) is 32.2 Å². The zero-order valence-corrected chi connectivity index (χ0v) is 14.3. The number of rotatable bonds is 7. The molecule has 1 aromatic carbocycles. The van der Waals surface area contributed by atoms with E-state index in [2.05, 4.69) is 5.32 Å². The van der Waals surface area contributed by atoms with Gasteiger partial charge in [-0.15, -0.1) is 0 Å². The first-order chi connectivity index (χ1) is 12.0. The van der Waals surface area contributed by atoms with Crippen molar-refractivity contribution in [3.8, 4) is 5.75 Å². The van der Waals surface area contributed by atoms with Crippen molar-refractivity contribution < 1.29 is 24.2 Å². The molecule has 1 aliphatic heterocycles. The lowest BCUT2D eigenvalue weighted by atomic mass is 9.95. The van der Waals surface area contributed by atoms with Crippen LogP contribution in [0.4, 0.5) is 0 Å². The lowest BCUT2D eigenvalue weighted by Gasteiger charge is -2.31. The number of carbonyl (C=O) groups is 3. The van der Waals surface area contributed by atoms with Crippen molar-refractivity contribution in [2.24, 2.45) is 5.92 Å². The number of amides is 2. The van der Waals surface area contributed by atoms with Crippen molar-refractivity contribution in [3.63, 3.8) is 0 Å². The van der Waals surface area contributed by atoms with E-state index in [0.29, 0.717) is 39.0 Å². The van der Waals surface area contributed by atoms with E-state index >= 15 is 0 Å². The summed E-state index contributed by atoms with van der Waals surface area (Å²) in [6.07, 6.45) is 1.38. The van der Waals surface area contributed by atoms with Gasteiger partial charge in [-0.05, 0) is 31.9 Å². The first kappa shape index (κ1) is 18.8. The van der Waals surface area contributed by atoms with Crippen LogP contribution in [0.1, 0.15) is 26.2 Å². The highest BCUT2D eigenvalue weighted by Crippen LogP contribution is 2.18. The van der Waals surface area contributed by atoms with Crippen LogP contribution < -0.4 is 10.1 Å². The van der Waals surface area contributed by atoms with E-state index in [1.807, 2.05) is 30.3 Å². The molecule has 1 saturated heterocycles. The number of para-hydroxylation sites is 1. The van der Waals surface area contributed by atoms with Gasteiger partial charge in [-0.25, -0.2) is 0 Å². The zero-order valence-electron chi connectivity index (χ0n) is 14.3. The summed E-state index contributed by atoms with van der Waals surface area (Å²) in [5.41, 5.74) is 0. The van der Waals surface area contributed by atoms with Crippen molar-refractivity contribution in [1.82, 2.24) is 10.2 Å². The van der Waals surface area contributed by atoms with Gasteiger partial charge in [0, 0.05) is 19.0 Å². The SMILES string of the molecule is C[C@@H](NC(=O)C1CCN(C(=O)CCOc2ccccc2)CC1)C(=O)O. The van der Waals surface area contributed by atoms with Crippen molar-refractivity contribution in [1.29, 1.82) is 0 Å². The summed E-state index contributed by atoms with van der Waals surface area (Å²) in [5.74, 6) is -0.813. The number of ether oxygens (including phenoxy) is 1. The van der Waals surface area contributed by atoms with Crippen LogP contribution in [0.5, 0.6) is 5.75 Å². The van der Waals surface area contributed by atoms with E-state index < -0.39 is 12.0 Å². The average molecular weight is 348 g/mol. The van der Waals surface area contributed by atoms with Gasteiger partial charge in [-0.2, -0.15) is 0 Å². The van der Waals surface area contributed by atoms with Gasteiger partial charge in [0.2, 0.25) is 11.8 Å². The molecule has 2 amide bonds. The number of piperidine rings is 1. The largest absolute Gasteiger partial charge is 0.493 e. The number of carboxylic acid groups (broad SMARTS) is 1. The van der Waals surface area contributed by atoms with Crippen LogP contribution in [0.3, 0.4) is 0 Å². The molecule has 0 bridgehead atoms. The molecule has 2 N–H and O–H groups in total. The number of carboxylic acids is 1. The molecule has 0 spiro atoms. The molecule has 0 saturated carbocycles. The number of carbonyl (C=O) groups excluding carboxylic acids is 2. The summed E-state index contributed by atoms with van der Waals surface area (Å²) in [6, 6.07) is 8.42. The van der Waals surface area contributed by atoms with Crippen molar-refractivity contribution >= 4 is 17.8 Å². The topological polar surface area (TPSA) is 95.9 Å². The van der Waals surface area contributed by atoms with Crippen LogP contribution >= 0.6 is 0 Å². The summed E-state index contributed by atoms with van der Waals surface area (Å²) in [7, 11) is 0. The summed E-state index contributed by atoms with van der Waals surface area (Å²) < 4.78 is 5.53. The van der Waals surface area contributed by atoms with Crippen LogP contribution in [-0.4, -0.2) is 53.5 Å². The lowest BCUT2D eigenvalue weighted by Crippen LogP contribution is -2.46. The minimum atomic E-state index is -1.06. The Hall–Kier alpha value is -2.57. The molecule has 0 radical (unpaired) electrons. The van der Waals surface area contributed by atoms with E-state index in [1.165, 1.54) is 6.92 Å². The Labute approximate surface area is 147 Å². The molecule has 1 aromatic rings. The van der Waals surface area contributed by atoms with Crippen LogP contribution in [0, 0.1) is 5.92 Å². The van der Waals surface area contributed by atoms with Gasteiger partial charge in [0.1, 0.15) is 11.8 Å². The number of nitrogens with one attached hydrogen (secondary N) is 1. The molecule has 1 heterocycles. The lowest BCUT2D eigenvalue weighted by molar-refractivity contribution is -0.142. The Morgan fingerprint density at radius 3 is 2.48 bits per heavy atom. The second-order valence-electron chi connectivity index (χ2n) is 6.14. The Morgan fingerprint density at radius 1 is 1.24 bits per heavy atom. The smallest absolute Gasteiger partial charge is 0.325 e. The van der Waals surface area contributed by atoms with Gasteiger partial charge in [0.05, 0.1) is 13.0 Å². The average Bonchev–Trinajstić information content (AvgIpc) is 2.62. The molecule has 25 heavy (non-hydrogen) atoms. The van der Waals surface area contributed by atoms with E-state index in [0.717, 1.165) is 5.75 Å². The summed E-state index contributed by atoms with van der Waals surface area (Å²) in [6.45, 7) is 2.76. The highest BCUT2D eigenvalue weighted by molar-refractivity contribution is 5.85. The van der Waals surface area contributed by atoms with Crippen LogP contribution in [0.25, 0.3) is 0 Å². The third-order valence-electron chi connectivity index (χ3n) is 4.28. The molecule has 1 atom stereocenters. The van der Waals surface area contributed by atoms with Crippen LogP contribution in [-0.2, 0) is 14.4 Å². The Bertz CT molecular complexity index is 597. The van der Waals surface area contributed by atoms with Crippen LogP contribution in [0.2, 0.25) is 0 Å². The number of hydrogen-bond acceptors (Lipinski definition) is 4. The summed E-state index contributed by atoms with van der Waals surface area (Å²) in [5, 5.41) is 11.3. The van der Waals surface area contributed by atoms with Gasteiger partial charge >= 0.3 is 5.97 Å². The molecule has 2 rings (SSSR count). The fraction of sp³-hybridized carbons (Fsp3) is 0.500. The third-order valence-corrected chi connectivity index (χ3v) is 4.28. The molecule has 7 nitrogen and oxygen atoms in total. The van der Waals surface area contributed by atoms with Crippen LogP contribution in [0.15, 0.2) is 30.3 Å². The minimum Gasteiger partial charge on any atom is -0.493 e. The predicted octanol–water partition coefficient (Wildman–Crippen LogP) is 1.28. The molecule has 0 aromatic heterocycles. The quantitative estimate of drug-likeness (QED) is 0.774. The molecule has 7 heteroatoms. The number of nitrogens with zero attached hydrogens (tertiary/aromatic N) is 1. The van der Waals surface area contributed by atoms with Gasteiger partial charge in [0.25, 0.3) is 0 Å². The van der Waals surface area contributed by atoms with Gasteiger partial charge in [-0.1, -0.05) is 18.2 Å². The molecule has 0 aliphatic carbocycles. The predicted molar refractivity (Wildman–Crippen MR) is 91.1 cm³/mol. The maximum Gasteiger partial charge on any atom is 0.325 e. The molecule has 1 fully saturated rings. The molecule has 1 aliphatic rings. The van der Waals surface area contributed by atoms with E-state index in [9.17, 15) is 14.4 Å². The molecule has 0 unspecified atom stereocenters.